The molecule has 5 heteroatoms. The minimum Gasteiger partial charge on any atom is -0.357 e. The van der Waals surface area contributed by atoms with Crippen molar-refractivity contribution in [3.8, 4) is 0 Å². The van der Waals surface area contributed by atoms with Crippen molar-refractivity contribution in [2.24, 2.45) is 5.10 Å². The Labute approximate surface area is 122 Å². The second-order valence-corrected chi connectivity index (χ2v) is 4.50. The predicted octanol–water partition coefficient (Wildman–Crippen LogP) is 2.82. The van der Waals surface area contributed by atoms with Crippen molar-refractivity contribution in [2.75, 3.05) is 0 Å². The van der Waals surface area contributed by atoms with Gasteiger partial charge in [-0.3, -0.25) is 5.43 Å². The molecule has 0 aliphatic heterocycles. The fourth-order valence-corrected chi connectivity index (χ4v) is 1.69. The molecule has 0 saturated heterocycles. The van der Waals surface area contributed by atoms with E-state index in [1.54, 1.807) is 12.1 Å². The number of halogens is 1. The highest BCUT2D eigenvalue weighted by Gasteiger charge is 1.95. The highest BCUT2D eigenvalue weighted by molar-refractivity contribution is 7.80. The van der Waals surface area contributed by atoms with Gasteiger partial charge in [0.1, 0.15) is 5.82 Å². The van der Waals surface area contributed by atoms with E-state index in [0.717, 1.165) is 5.56 Å². The first kappa shape index (κ1) is 14.1. The van der Waals surface area contributed by atoms with E-state index in [9.17, 15) is 4.39 Å². The van der Waals surface area contributed by atoms with Crippen molar-refractivity contribution < 1.29 is 4.39 Å². The first-order valence-corrected chi connectivity index (χ1v) is 6.51. The van der Waals surface area contributed by atoms with Crippen LogP contribution >= 0.6 is 12.2 Å². The van der Waals surface area contributed by atoms with Crippen molar-refractivity contribution in [1.82, 2.24) is 10.7 Å². The van der Waals surface area contributed by atoms with Crippen molar-refractivity contribution in [2.45, 2.75) is 6.54 Å². The number of hydrazone groups is 1. The minimum atomic E-state index is -0.293. The van der Waals surface area contributed by atoms with Gasteiger partial charge in [-0.15, -0.1) is 0 Å². The van der Waals surface area contributed by atoms with Crippen LogP contribution in [0.3, 0.4) is 0 Å². The van der Waals surface area contributed by atoms with Gasteiger partial charge in [-0.1, -0.05) is 42.5 Å². The molecule has 0 aromatic heterocycles. The van der Waals surface area contributed by atoms with Crippen molar-refractivity contribution in [3.63, 3.8) is 0 Å². The molecule has 20 heavy (non-hydrogen) atoms. The molecule has 0 heterocycles. The van der Waals surface area contributed by atoms with Gasteiger partial charge in [0.2, 0.25) is 0 Å². The highest BCUT2D eigenvalue weighted by atomic mass is 32.1. The Morgan fingerprint density at radius 1 is 1.15 bits per heavy atom. The summed E-state index contributed by atoms with van der Waals surface area (Å²) in [5, 5.41) is 7.40. The fraction of sp³-hybridized carbons (Fsp3) is 0.0667. The Bertz CT molecular complexity index is 599. The van der Waals surface area contributed by atoms with Crippen LogP contribution in [0.25, 0.3) is 0 Å². The van der Waals surface area contributed by atoms with E-state index in [1.807, 2.05) is 30.3 Å². The summed E-state index contributed by atoms with van der Waals surface area (Å²) in [4.78, 5) is 0. The van der Waals surface area contributed by atoms with Gasteiger partial charge in [0.25, 0.3) is 0 Å². The van der Waals surface area contributed by atoms with Gasteiger partial charge in [-0.2, -0.15) is 5.10 Å². The van der Waals surface area contributed by atoms with E-state index >= 15 is 0 Å². The smallest absolute Gasteiger partial charge is 0.187 e. The lowest BCUT2D eigenvalue weighted by molar-refractivity contribution is 0.627. The Hall–Kier alpha value is -2.27. The summed E-state index contributed by atoms with van der Waals surface area (Å²) in [5.74, 6) is -0.293. The Morgan fingerprint density at radius 3 is 2.70 bits per heavy atom. The van der Waals surface area contributed by atoms with Crippen LogP contribution in [0, 0.1) is 5.82 Å². The molecule has 0 bridgehead atoms. The molecule has 0 radical (unpaired) electrons. The maximum Gasteiger partial charge on any atom is 0.187 e. The summed E-state index contributed by atoms with van der Waals surface area (Å²) < 4.78 is 12.9. The van der Waals surface area contributed by atoms with Crippen LogP contribution in [0.5, 0.6) is 0 Å². The second-order valence-electron chi connectivity index (χ2n) is 4.09. The number of benzene rings is 2. The van der Waals surface area contributed by atoms with E-state index in [4.69, 9.17) is 12.2 Å². The van der Waals surface area contributed by atoms with Gasteiger partial charge in [-0.05, 0) is 35.5 Å². The summed E-state index contributed by atoms with van der Waals surface area (Å²) in [6, 6.07) is 16.1. The van der Waals surface area contributed by atoms with E-state index in [1.165, 1.54) is 18.3 Å². The topological polar surface area (TPSA) is 36.4 Å². The highest BCUT2D eigenvalue weighted by Crippen LogP contribution is 2.00. The molecule has 0 aliphatic rings. The SMILES string of the molecule is Fc1cccc(/C=N\NC(=S)NCc2ccccc2)c1. The number of nitrogens with one attached hydrogen (secondary N) is 2. The maximum atomic E-state index is 12.9. The van der Waals surface area contributed by atoms with Gasteiger partial charge in [-0.25, -0.2) is 4.39 Å². The zero-order valence-electron chi connectivity index (χ0n) is 10.7. The molecule has 2 N–H and O–H groups in total. The summed E-state index contributed by atoms with van der Waals surface area (Å²) >= 11 is 5.08. The van der Waals surface area contributed by atoms with E-state index < -0.39 is 0 Å². The molecule has 0 aliphatic carbocycles. The maximum absolute atomic E-state index is 12.9. The third-order valence-corrected chi connectivity index (χ3v) is 2.76. The zero-order valence-corrected chi connectivity index (χ0v) is 11.5. The molecule has 2 aromatic carbocycles. The minimum absolute atomic E-state index is 0.293. The van der Waals surface area contributed by atoms with E-state index in [2.05, 4.69) is 15.8 Å². The van der Waals surface area contributed by atoms with Crippen LogP contribution < -0.4 is 10.7 Å². The van der Waals surface area contributed by atoms with Crippen molar-refractivity contribution in [1.29, 1.82) is 0 Å². The van der Waals surface area contributed by atoms with Crippen LogP contribution in [0.2, 0.25) is 0 Å². The third-order valence-electron chi connectivity index (χ3n) is 2.52. The fourth-order valence-electron chi connectivity index (χ4n) is 1.57. The average molecular weight is 287 g/mol. The lowest BCUT2D eigenvalue weighted by Crippen LogP contribution is -2.31. The summed E-state index contributed by atoms with van der Waals surface area (Å²) in [7, 11) is 0. The second kappa shape index (κ2) is 7.35. The first-order valence-electron chi connectivity index (χ1n) is 6.10. The Morgan fingerprint density at radius 2 is 1.95 bits per heavy atom. The molecule has 0 spiro atoms. The molecule has 0 fully saturated rings. The van der Waals surface area contributed by atoms with Crippen LogP contribution in [-0.2, 0) is 6.54 Å². The van der Waals surface area contributed by atoms with Gasteiger partial charge in [0, 0.05) is 6.54 Å². The Kier molecular flexibility index (Phi) is 5.20. The average Bonchev–Trinajstić information content (AvgIpc) is 2.46. The van der Waals surface area contributed by atoms with Crippen LogP contribution in [0.1, 0.15) is 11.1 Å². The Balaban J connectivity index is 1.78. The number of thiocarbonyl (C=S) groups is 1. The standard InChI is InChI=1S/C15H14FN3S/c16-14-8-4-7-13(9-14)11-18-19-15(20)17-10-12-5-2-1-3-6-12/h1-9,11H,10H2,(H2,17,19,20)/b18-11-. The first-order chi connectivity index (χ1) is 9.74. The summed E-state index contributed by atoms with van der Waals surface area (Å²) in [5.41, 5.74) is 4.49. The molecule has 102 valence electrons. The number of hydrogen-bond donors (Lipinski definition) is 2. The third kappa shape index (κ3) is 4.78. The van der Waals surface area contributed by atoms with E-state index in [-0.39, 0.29) is 5.82 Å². The van der Waals surface area contributed by atoms with Crippen molar-refractivity contribution >= 4 is 23.5 Å². The van der Waals surface area contributed by atoms with Crippen LogP contribution in [0.4, 0.5) is 4.39 Å². The lowest BCUT2D eigenvalue weighted by atomic mass is 10.2. The molecule has 0 saturated carbocycles. The van der Waals surface area contributed by atoms with Gasteiger partial charge in [0.05, 0.1) is 6.21 Å². The molecule has 0 unspecified atom stereocenters. The van der Waals surface area contributed by atoms with Gasteiger partial charge in [0.15, 0.2) is 5.11 Å². The lowest BCUT2D eigenvalue weighted by Gasteiger charge is -2.06. The van der Waals surface area contributed by atoms with Gasteiger partial charge >= 0.3 is 0 Å². The number of rotatable bonds is 4. The largest absolute Gasteiger partial charge is 0.357 e. The molecule has 0 atom stereocenters. The molecular formula is C15H14FN3S. The molecular weight excluding hydrogens is 273 g/mol. The molecule has 3 nitrogen and oxygen atoms in total. The van der Waals surface area contributed by atoms with Crippen LogP contribution in [0.15, 0.2) is 59.7 Å². The molecule has 2 rings (SSSR count). The van der Waals surface area contributed by atoms with Crippen molar-refractivity contribution in [3.05, 3.63) is 71.5 Å². The predicted molar refractivity (Wildman–Crippen MR) is 83.0 cm³/mol. The summed E-state index contributed by atoms with van der Waals surface area (Å²) in [6.45, 7) is 0.627. The molecule has 2 aromatic rings. The van der Waals surface area contributed by atoms with Crippen LogP contribution in [-0.4, -0.2) is 11.3 Å². The number of hydrogen-bond acceptors (Lipinski definition) is 2. The molecule has 0 amide bonds. The normalized spacial score (nSPS) is 10.4. The zero-order chi connectivity index (χ0) is 14.2. The summed E-state index contributed by atoms with van der Waals surface area (Å²) in [6.07, 6.45) is 1.51. The number of nitrogens with zero attached hydrogens (tertiary/aromatic N) is 1. The quantitative estimate of drug-likeness (QED) is 0.516. The monoisotopic (exact) mass is 287 g/mol. The van der Waals surface area contributed by atoms with Gasteiger partial charge < -0.3 is 5.32 Å². The van der Waals surface area contributed by atoms with E-state index in [0.29, 0.717) is 17.2 Å².